The van der Waals surface area contributed by atoms with Crippen LogP contribution in [0.2, 0.25) is 0 Å². The van der Waals surface area contributed by atoms with Crippen molar-refractivity contribution < 1.29 is 4.42 Å². The molecule has 3 nitrogen and oxygen atoms in total. The number of aromatic nitrogens is 1. The van der Waals surface area contributed by atoms with E-state index in [2.05, 4.69) is 158 Å². The van der Waals surface area contributed by atoms with E-state index in [4.69, 9.17) is 4.42 Å². The van der Waals surface area contributed by atoms with Crippen molar-refractivity contribution in [2.45, 2.75) is 38.6 Å². The molecule has 2 aromatic heterocycles. The number of benzene rings is 5. The Morgan fingerprint density at radius 2 is 1.35 bits per heavy atom. The summed E-state index contributed by atoms with van der Waals surface area (Å²) in [6.45, 7) is 6.89. The van der Waals surface area contributed by atoms with Gasteiger partial charge in [0.2, 0.25) is 0 Å². The molecule has 0 amide bonds. The maximum absolute atomic E-state index is 6.56. The molecule has 0 saturated heterocycles. The highest BCUT2D eigenvalue weighted by Crippen LogP contribution is 2.45. The first-order valence-electron chi connectivity index (χ1n) is 15.2. The quantitative estimate of drug-likeness (QED) is 0.215. The summed E-state index contributed by atoms with van der Waals surface area (Å²) in [6, 6.07) is 43.2. The number of nitrogens with zero attached hydrogens (tertiary/aromatic N) is 2. The predicted octanol–water partition coefficient (Wildman–Crippen LogP) is 9.51. The number of rotatable bonds is 4. The summed E-state index contributed by atoms with van der Waals surface area (Å²) >= 11 is 0. The minimum absolute atomic E-state index is 0.0162. The van der Waals surface area contributed by atoms with E-state index in [0.717, 1.165) is 39.7 Å². The second kappa shape index (κ2) is 9.78. The van der Waals surface area contributed by atoms with Crippen molar-refractivity contribution in [1.29, 1.82) is 0 Å². The van der Waals surface area contributed by atoms with Gasteiger partial charge in [0.15, 0.2) is 5.58 Å². The summed E-state index contributed by atoms with van der Waals surface area (Å²) in [4.78, 5) is 2.38. The summed E-state index contributed by atoms with van der Waals surface area (Å²) in [5, 5.41) is 6.25. The molecule has 0 saturated carbocycles. The molecule has 1 unspecified atom stereocenters. The first-order chi connectivity index (χ1) is 21.0. The zero-order chi connectivity index (χ0) is 29.1. The van der Waals surface area contributed by atoms with Crippen molar-refractivity contribution >= 4 is 62.1 Å². The molecule has 8 rings (SSSR count). The smallest absolute Gasteiger partial charge is 0.159 e. The van der Waals surface area contributed by atoms with Crippen molar-refractivity contribution in [2.75, 3.05) is 4.90 Å². The topological polar surface area (TPSA) is 21.3 Å². The first kappa shape index (κ1) is 25.7. The molecular weight excluding hydrogens is 524 g/mol. The van der Waals surface area contributed by atoms with Crippen LogP contribution < -0.4 is 15.5 Å². The third-order valence-electron chi connectivity index (χ3n) is 8.77. The summed E-state index contributed by atoms with van der Waals surface area (Å²) < 4.78 is 9.07. The van der Waals surface area contributed by atoms with Crippen LogP contribution in [0.5, 0.6) is 0 Å². The van der Waals surface area contributed by atoms with Crippen LogP contribution in [-0.2, 0) is 5.54 Å². The average molecular weight is 559 g/mol. The highest BCUT2D eigenvalue weighted by Gasteiger charge is 2.26. The molecule has 210 valence electrons. The molecule has 1 aliphatic carbocycles. The Hall–Kier alpha value is -5.02. The van der Waals surface area contributed by atoms with Gasteiger partial charge in [-0.25, -0.2) is 0 Å². The van der Waals surface area contributed by atoms with Gasteiger partial charge in [-0.15, -0.1) is 0 Å². The summed E-state index contributed by atoms with van der Waals surface area (Å²) in [6.07, 6.45) is 5.90. The van der Waals surface area contributed by atoms with Gasteiger partial charge in [-0.3, -0.25) is 0 Å². The van der Waals surface area contributed by atoms with Crippen LogP contribution in [-0.4, -0.2) is 4.57 Å². The van der Waals surface area contributed by atoms with E-state index in [0.29, 0.717) is 0 Å². The van der Waals surface area contributed by atoms with E-state index in [9.17, 15) is 0 Å². The Kier molecular flexibility index (Phi) is 5.84. The number of anilines is 3. The molecule has 2 heterocycles. The van der Waals surface area contributed by atoms with E-state index in [1.165, 1.54) is 32.7 Å². The lowest BCUT2D eigenvalue weighted by Gasteiger charge is -2.30. The third kappa shape index (κ3) is 4.11. The van der Waals surface area contributed by atoms with E-state index < -0.39 is 0 Å². The van der Waals surface area contributed by atoms with Crippen molar-refractivity contribution in [3.63, 3.8) is 0 Å². The zero-order valence-corrected chi connectivity index (χ0v) is 24.8. The lowest BCUT2D eigenvalue weighted by atomic mass is 9.89. The lowest BCUT2D eigenvalue weighted by molar-refractivity contribution is 0.401. The number of hydrogen-bond donors (Lipinski definition) is 0. The molecule has 0 spiro atoms. The van der Waals surface area contributed by atoms with E-state index in [1.54, 1.807) is 0 Å². The van der Waals surface area contributed by atoms with E-state index >= 15 is 0 Å². The summed E-state index contributed by atoms with van der Waals surface area (Å²) in [5.74, 6) is 0.226. The molecule has 0 fully saturated rings. The molecule has 0 aliphatic heterocycles. The molecular formula is C40H34N2O. The molecule has 1 aliphatic rings. The number of fused-ring (bicyclic) bond motifs is 6. The van der Waals surface area contributed by atoms with Crippen LogP contribution in [0.3, 0.4) is 0 Å². The van der Waals surface area contributed by atoms with Gasteiger partial charge in [-0.2, -0.15) is 0 Å². The molecule has 3 heteroatoms. The van der Waals surface area contributed by atoms with Gasteiger partial charge in [-0.1, -0.05) is 97.1 Å². The SMILES string of the molecule is CC(C)(C)n1c2c(c3ccccc31)=CC(c1ccccc1N(c1ccccc1)c1cccc3c1oc1ccccc13)CC=2. The zero-order valence-electron chi connectivity index (χ0n) is 24.8. The second-order valence-corrected chi connectivity index (χ2v) is 12.5. The average Bonchev–Trinajstić information content (AvgIpc) is 3.58. The minimum Gasteiger partial charge on any atom is -0.454 e. The van der Waals surface area contributed by atoms with Crippen molar-refractivity contribution in [2.24, 2.45) is 0 Å². The molecule has 5 aromatic carbocycles. The first-order valence-corrected chi connectivity index (χ1v) is 15.2. The van der Waals surface area contributed by atoms with Gasteiger partial charge in [0.05, 0.1) is 11.4 Å². The second-order valence-electron chi connectivity index (χ2n) is 12.5. The van der Waals surface area contributed by atoms with Crippen LogP contribution in [0.15, 0.2) is 126 Å². The monoisotopic (exact) mass is 558 g/mol. The Labute approximate surface area is 251 Å². The van der Waals surface area contributed by atoms with Crippen LogP contribution in [0.1, 0.15) is 38.7 Å². The van der Waals surface area contributed by atoms with Crippen LogP contribution in [0.4, 0.5) is 17.1 Å². The van der Waals surface area contributed by atoms with E-state index in [-0.39, 0.29) is 11.5 Å². The van der Waals surface area contributed by atoms with Gasteiger partial charge < -0.3 is 13.9 Å². The van der Waals surface area contributed by atoms with Crippen molar-refractivity contribution in [3.8, 4) is 0 Å². The van der Waals surface area contributed by atoms with Crippen LogP contribution in [0.25, 0.3) is 45.0 Å². The fourth-order valence-electron chi connectivity index (χ4n) is 7.01. The van der Waals surface area contributed by atoms with Crippen molar-refractivity contribution in [3.05, 3.63) is 137 Å². The molecule has 0 bridgehead atoms. The maximum atomic E-state index is 6.56. The standard InChI is InChI=1S/C40H34N2O/c1-40(2,3)42-35-21-11-8-17-30(35)33-26-27(24-25-36(33)42)29-16-7-10-20-34(29)41(28-14-5-4-6-15-28)37-22-13-19-32-31-18-9-12-23-38(31)43-39(32)37/h4-23,25-27H,24H2,1-3H3. The van der Waals surface area contributed by atoms with Gasteiger partial charge in [0, 0.05) is 49.4 Å². The fraction of sp³-hybridized carbons (Fsp3) is 0.150. The maximum Gasteiger partial charge on any atom is 0.159 e. The van der Waals surface area contributed by atoms with Crippen LogP contribution in [0, 0.1) is 0 Å². The van der Waals surface area contributed by atoms with Gasteiger partial charge in [0.1, 0.15) is 5.58 Å². The lowest BCUT2D eigenvalue weighted by Crippen LogP contribution is -2.39. The highest BCUT2D eigenvalue weighted by molar-refractivity contribution is 6.10. The molecule has 1 atom stereocenters. The van der Waals surface area contributed by atoms with Gasteiger partial charge in [0.25, 0.3) is 0 Å². The molecule has 43 heavy (non-hydrogen) atoms. The Morgan fingerprint density at radius 3 is 2.19 bits per heavy atom. The van der Waals surface area contributed by atoms with Gasteiger partial charge >= 0.3 is 0 Å². The highest BCUT2D eigenvalue weighted by atomic mass is 16.3. The summed E-state index contributed by atoms with van der Waals surface area (Å²) in [7, 11) is 0. The Bertz CT molecular complexity index is 2260. The normalized spacial score (nSPS) is 14.9. The fourth-order valence-corrected chi connectivity index (χ4v) is 7.01. The predicted molar refractivity (Wildman–Crippen MR) is 181 cm³/mol. The van der Waals surface area contributed by atoms with E-state index in [1.807, 2.05) is 6.07 Å². The van der Waals surface area contributed by atoms with Gasteiger partial charge in [-0.05, 0) is 69.2 Å². The van der Waals surface area contributed by atoms with Crippen LogP contribution >= 0.6 is 0 Å². The molecule has 0 radical (unpaired) electrons. The Balaban J connectivity index is 1.36. The Morgan fingerprint density at radius 1 is 0.674 bits per heavy atom. The third-order valence-corrected chi connectivity index (χ3v) is 8.77. The molecule has 0 N–H and O–H groups in total. The van der Waals surface area contributed by atoms with Crippen molar-refractivity contribution in [1.82, 2.24) is 4.57 Å². The number of furan rings is 1. The number of hydrogen-bond acceptors (Lipinski definition) is 2. The largest absolute Gasteiger partial charge is 0.454 e. The summed E-state index contributed by atoms with van der Waals surface area (Å²) in [5.41, 5.74) is 7.70. The number of para-hydroxylation sites is 5. The molecule has 7 aromatic rings. The minimum atomic E-state index is -0.0162.